The van der Waals surface area contributed by atoms with E-state index < -0.39 is 5.97 Å². The van der Waals surface area contributed by atoms with Crippen molar-refractivity contribution in [2.24, 2.45) is 0 Å². The number of carboxylic acids is 1. The normalized spacial score (nSPS) is 10.8. The van der Waals surface area contributed by atoms with Crippen LogP contribution in [0.4, 0.5) is 0 Å². The molecule has 3 rings (SSSR count). The first-order valence-electron chi connectivity index (χ1n) is 8.18. The number of hydrogen-bond acceptors (Lipinski definition) is 2. The second-order valence-corrected chi connectivity index (χ2v) is 5.55. The Labute approximate surface area is 141 Å². The van der Waals surface area contributed by atoms with Crippen molar-refractivity contribution in [3.05, 3.63) is 71.9 Å². The maximum atomic E-state index is 11.8. The molecule has 3 aromatic rings. The Morgan fingerprint density at radius 2 is 1.58 bits per heavy atom. The number of benzene rings is 2. The summed E-state index contributed by atoms with van der Waals surface area (Å²) in [5.74, 6) is -1.14. The molecule has 0 atom stereocenters. The van der Waals surface area contributed by atoms with Crippen LogP contribution in [0, 0.1) is 0 Å². The van der Waals surface area contributed by atoms with Crippen molar-refractivity contribution in [1.82, 2.24) is 4.68 Å². The molecule has 0 saturated heterocycles. The maximum absolute atomic E-state index is 11.8. The smallest absolute Gasteiger partial charge is 0.258 e. The molecule has 0 aliphatic carbocycles. The number of hydrogen-bond donors (Lipinski definition) is 0. The number of aromatic nitrogens is 2. The predicted molar refractivity (Wildman–Crippen MR) is 90.8 cm³/mol. The molecule has 0 bridgehead atoms. The standard InChI is InChI=1S/C20H20N2O2/c1-3-17-18(15-11-7-5-8-12-15)22(16-13-9-6-10-14-16)21(4-2)19(17)20(23)24/h5-14H,3-4H2,1-2H3. The molecule has 0 unspecified atom stereocenters. The minimum atomic E-state index is -1.14. The van der Waals surface area contributed by atoms with E-state index in [1.807, 2.05) is 79.2 Å². The summed E-state index contributed by atoms with van der Waals surface area (Å²) in [6, 6.07) is 19.7. The zero-order valence-corrected chi connectivity index (χ0v) is 13.9. The average molecular weight is 320 g/mol. The predicted octanol–water partition coefficient (Wildman–Crippen LogP) is 2.38. The molecule has 0 N–H and O–H groups in total. The molecule has 1 aromatic heterocycles. The third-order valence-corrected chi connectivity index (χ3v) is 4.18. The van der Waals surface area contributed by atoms with Crippen molar-refractivity contribution in [2.45, 2.75) is 26.8 Å². The number of para-hydroxylation sites is 1. The highest BCUT2D eigenvalue weighted by molar-refractivity contribution is 5.86. The summed E-state index contributed by atoms with van der Waals surface area (Å²) in [7, 11) is 0. The number of carbonyl (C=O) groups is 1. The van der Waals surface area contributed by atoms with Gasteiger partial charge in [-0.05, 0) is 25.5 Å². The number of carboxylic acid groups (broad SMARTS) is 1. The van der Waals surface area contributed by atoms with Crippen LogP contribution in [0.15, 0.2) is 60.7 Å². The van der Waals surface area contributed by atoms with Crippen LogP contribution >= 0.6 is 0 Å². The molecule has 0 aliphatic heterocycles. The monoisotopic (exact) mass is 320 g/mol. The lowest BCUT2D eigenvalue weighted by atomic mass is 10.0. The molecule has 2 aromatic carbocycles. The molecule has 0 amide bonds. The van der Waals surface area contributed by atoms with Crippen molar-refractivity contribution < 1.29 is 14.6 Å². The third-order valence-electron chi connectivity index (χ3n) is 4.18. The molecular weight excluding hydrogens is 300 g/mol. The summed E-state index contributed by atoms with van der Waals surface area (Å²) in [6.45, 7) is 4.46. The van der Waals surface area contributed by atoms with E-state index in [1.165, 1.54) is 0 Å². The molecule has 0 aliphatic rings. The second-order valence-electron chi connectivity index (χ2n) is 5.55. The number of nitrogens with zero attached hydrogens (tertiary/aromatic N) is 2. The molecule has 4 heteroatoms. The van der Waals surface area contributed by atoms with Crippen LogP contribution in [0.1, 0.15) is 29.9 Å². The Kier molecular flexibility index (Phi) is 4.47. The number of carbonyl (C=O) groups excluding carboxylic acids is 1. The molecule has 0 saturated carbocycles. The summed E-state index contributed by atoms with van der Waals surface area (Å²) < 4.78 is 3.77. The van der Waals surface area contributed by atoms with E-state index in [1.54, 1.807) is 4.68 Å². The van der Waals surface area contributed by atoms with Crippen molar-refractivity contribution in [1.29, 1.82) is 0 Å². The van der Waals surface area contributed by atoms with E-state index in [2.05, 4.69) is 0 Å². The van der Waals surface area contributed by atoms with Crippen molar-refractivity contribution in [3.8, 4) is 16.9 Å². The minimum absolute atomic E-state index is 0.253. The topological polar surface area (TPSA) is 48.9 Å². The summed E-state index contributed by atoms with van der Waals surface area (Å²) in [5.41, 5.74) is 3.88. The van der Waals surface area contributed by atoms with Crippen molar-refractivity contribution in [2.75, 3.05) is 0 Å². The summed E-state index contributed by atoms with van der Waals surface area (Å²) in [4.78, 5) is 11.8. The SMILES string of the molecule is CCc1c(-c2ccccc2)n(-c2ccccc2)[n+](CC)c1C(=O)[O-]. The summed E-state index contributed by atoms with van der Waals surface area (Å²) in [5, 5.41) is 11.8. The van der Waals surface area contributed by atoms with Gasteiger partial charge in [0.2, 0.25) is 0 Å². The molecular formula is C20H20N2O2. The molecule has 24 heavy (non-hydrogen) atoms. The van der Waals surface area contributed by atoms with Crippen molar-refractivity contribution >= 4 is 5.97 Å². The minimum Gasteiger partial charge on any atom is -0.539 e. The molecule has 122 valence electrons. The molecule has 1 heterocycles. The lowest BCUT2D eigenvalue weighted by molar-refractivity contribution is -0.766. The molecule has 0 fully saturated rings. The zero-order valence-electron chi connectivity index (χ0n) is 13.9. The first-order valence-corrected chi connectivity index (χ1v) is 8.18. The van der Waals surface area contributed by atoms with Gasteiger partial charge >= 0.3 is 0 Å². The van der Waals surface area contributed by atoms with Gasteiger partial charge in [-0.25, -0.2) is 0 Å². The van der Waals surface area contributed by atoms with Gasteiger partial charge in [-0.15, -0.1) is 9.36 Å². The molecule has 0 spiro atoms. The molecule has 4 nitrogen and oxygen atoms in total. The highest BCUT2D eigenvalue weighted by atomic mass is 16.4. The van der Waals surface area contributed by atoms with Gasteiger partial charge in [-0.1, -0.05) is 55.5 Å². The van der Waals surface area contributed by atoms with Crippen molar-refractivity contribution in [3.63, 3.8) is 0 Å². The van der Waals surface area contributed by atoms with E-state index in [4.69, 9.17) is 0 Å². The van der Waals surface area contributed by atoms with Gasteiger partial charge in [0.15, 0.2) is 6.54 Å². The first kappa shape index (κ1) is 16.0. The second kappa shape index (κ2) is 6.71. The number of rotatable bonds is 5. The lowest BCUT2D eigenvalue weighted by Crippen LogP contribution is -2.49. The molecule has 0 radical (unpaired) electrons. The van der Waals surface area contributed by atoms with Gasteiger partial charge in [0.05, 0.1) is 5.56 Å². The van der Waals surface area contributed by atoms with Crippen LogP contribution in [-0.2, 0) is 13.0 Å². The van der Waals surface area contributed by atoms with Gasteiger partial charge in [0.1, 0.15) is 17.4 Å². The van der Waals surface area contributed by atoms with Crippen LogP contribution in [0.3, 0.4) is 0 Å². The summed E-state index contributed by atoms with van der Waals surface area (Å²) in [6.07, 6.45) is 0.618. The lowest BCUT2D eigenvalue weighted by Gasteiger charge is -2.08. The quantitative estimate of drug-likeness (QED) is 0.678. The van der Waals surface area contributed by atoms with E-state index in [9.17, 15) is 9.90 Å². The Morgan fingerprint density at radius 3 is 2.08 bits per heavy atom. The third kappa shape index (κ3) is 2.60. The van der Waals surface area contributed by atoms with Crippen LogP contribution in [-0.4, -0.2) is 10.7 Å². The van der Waals surface area contributed by atoms with Gasteiger partial charge in [0, 0.05) is 5.56 Å². The fourth-order valence-corrected chi connectivity index (χ4v) is 3.21. The van der Waals surface area contributed by atoms with Gasteiger partial charge in [-0.3, -0.25) is 0 Å². The van der Waals surface area contributed by atoms with Gasteiger partial charge < -0.3 is 9.90 Å². The first-order chi connectivity index (χ1) is 11.7. The fourth-order valence-electron chi connectivity index (χ4n) is 3.21. The van der Waals surface area contributed by atoms with E-state index in [0.29, 0.717) is 13.0 Å². The maximum Gasteiger partial charge on any atom is 0.258 e. The van der Waals surface area contributed by atoms with E-state index in [-0.39, 0.29) is 5.69 Å². The zero-order chi connectivity index (χ0) is 17.1. The highest BCUT2D eigenvalue weighted by Gasteiger charge is 2.30. The van der Waals surface area contributed by atoms with Gasteiger partial charge in [0.25, 0.3) is 5.69 Å². The Bertz CT molecular complexity index is 787. The number of aromatic carboxylic acids is 1. The fraction of sp³-hybridized carbons (Fsp3) is 0.200. The Morgan fingerprint density at radius 1 is 1.00 bits per heavy atom. The van der Waals surface area contributed by atoms with Crippen LogP contribution in [0.25, 0.3) is 16.9 Å². The van der Waals surface area contributed by atoms with Crippen LogP contribution in [0.5, 0.6) is 0 Å². The van der Waals surface area contributed by atoms with E-state index >= 15 is 0 Å². The highest BCUT2D eigenvalue weighted by Crippen LogP contribution is 2.28. The largest absolute Gasteiger partial charge is 0.539 e. The van der Waals surface area contributed by atoms with Gasteiger partial charge in [-0.2, -0.15) is 0 Å². The van der Waals surface area contributed by atoms with Crippen LogP contribution < -0.4 is 9.79 Å². The Balaban J connectivity index is 2.43. The Hall–Kier alpha value is -2.88. The summed E-state index contributed by atoms with van der Waals surface area (Å²) >= 11 is 0. The van der Waals surface area contributed by atoms with Crippen LogP contribution in [0.2, 0.25) is 0 Å². The average Bonchev–Trinajstić information content (AvgIpc) is 2.97. The van der Waals surface area contributed by atoms with E-state index in [0.717, 1.165) is 22.5 Å².